The number of hydrazine groups is 1. The van der Waals surface area contributed by atoms with Gasteiger partial charge in [0.1, 0.15) is 28.2 Å². The number of carbonyl (C=O) groups excluding carboxylic acids is 1. The Labute approximate surface area is 157 Å². The SMILES string of the molecule is COc1cc(OC)c2c(c1Cl)O[C@]1(C2=O)C(O)C2CN(C)NC2C[C@H]1C. The lowest BCUT2D eigenvalue weighted by Crippen LogP contribution is -2.64. The number of hydrogen-bond acceptors (Lipinski definition) is 7. The topological polar surface area (TPSA) is 80.3 Å². The molecule has 5 atom stereocenters. The molecule has 3 unspecified atom stereocenters. The Morgan fingerprint density at radius 2 is 2.08 bits per heavy atom. The van der Waals surface area contributed by atoms with Crippen molar-refractivity contribution in [3.8, 4) is 17.2 Å². The molecule has 142 valence electrons. The first-order valence-electron chi connectivity index (χ1n) is 8.68. The number of hydrogen-bond donors (Lipinski definition) is 2. The fraction of sp³-hybridized carbons (Fsp3) is 0.611. The van der Waals surface area contributed by atoms with E-state index >= 15 is 0 Å². The maximum absolute atomic E-state index is 13.5. The van der Waals surface area contributed by atoms with Crippen LogP contribution >= 0.6 is 11.6 Å². The Hall–Kier alpha value is -1.54. The lowest BCUT2D eigenvalue weighted by Gasteiger charge is -2.46. The van der Waals surface area contributed by atoms with Crippen molar-refractivity contribution >= 4 is 17.4 Å². The Morgan fingerprint density at radius 3 is 2.73 bits per heavy atom. The third-order valence-corrected chi connectivity index (χ3v) is 6.37. The minimum absolute atomic E-state index is 0.110. The Bertz CT molecular complexity index is 772. The fourth-order valence-corrected chi connectivity index (χ4v) is 4.99. The summed E-state index contributed by atoms with van der Waals surface area (Å²) in [5, 5.41) is 13.4. The van der Waals surface area contributed by atoms with E-state index in [2.05, 4.69) is 5.43 Å². The lowest BCUT2D eigenvalue weighted by atomic mass is 9.65. The number of rotatable bonds is 2. The van der Waals surface area contributed by atoms with E-state index in [0.29, 0.717) is 24.5 Å². The predicted octanol–water partition coefficient (Wildman–Crippen LogP) is 1.51. The van der Waals surface area contributed by atoms with Gasteiger partial charge in [0.15, 0.2) is 5.75 Å². The molecule has 1 aliphatic carbocycles. The largest absolute Gasteiger partial charge is 0.496 e. The number of benzene rings is 1. The van der Waals surface area contributed by atoms with Crippen LogP contribution in [0.25, 0.3) is 0 Å². The third kappa shape index (κ3) is 2.14. The molecule has 1 saturated heterocycles. The summed E-state index contributed by atoms with van der Waals surface area (Å²) in [6, 6.07) is 1.69. The number of carbonyl (C=O) groups is 1. The first-order valence-corrected chi connectivity index (χ1v) is 9.06. The smallest absolute Gasteiger partial charge is 0.216 e. The molecule has 0 bridgehead atoms. The molecule has 2 fully saturated rings. The first kappa shape index (κ1) is 17.9. The van der Waals surface area contributed by atoms with E-state index in [1.807, 2.05) is 19.0 Å². The summed E-state index contributed by atoms with van der Waals surface area (Å²) in [4.78, 5) is 13.5. The van der Waals surface area contributed by atoms with Crippen LogP contribution in [0.4, 0.5) is 0 Å². The van der Waals surface area contributed by atoms with Gasteiger partial charge in [-0.15, -0.1) is 0 Å². The Balaban J connectivity index is 1.83. The molecule has 1 aromatic carbocycles. The van der Waals surface area contributed by atoms with Gasteiger partial charge in [-0.3, -0.25) is 10.2 Å². The molecule has 0 aromatic heterocycles. The van der Waals surface area contributed by atoms with Crippen LogP contribution in [0.15, 0.2) is 6.07 Å². The summed E-state index contributed by atoms with van der Waals surface area (Å²) in [5.41, 5.74) is 2.26. The van der Waals surface area contributed by atoms with Crippen molar-refractivity contribution in [2.45, 2.75) is 31.1 Å². The molecule has 0 amide bonds. The normalized spacial score (nSPS) is 36.0. The molecule has 3 aliphatic rings. The van der Waals surface area contributed by atoms with Gasteiger partial charge in [-0.1, -0.05) is 18.5 Å². The molecule has 4 rings (SSSR count). The van der Waals surface area contributed by atoms with Crippen LogP contribution in [0.5, 0.6) is 17.2 Å². The Kier molecular flexibility index (Phi) is 4.11. The van der Waals surface area contributed by atoms with Crippen molar-refractivity contribution < 1.29 is 24.1 Å². The molecule has 8 heteroatoms. The van der Waals surface area contributed by atoms with Gasteiger partial charge in [-0.2, -0.15) is 0 Å². The van der Waals surface area contributed by atoms with E-state index in [1.165, 1.54) is 14.2 Å². The standard InChI is InChI=1S/C18H23ClN2O5/c1-8-5-10-9(7-21(2)20-10)16(22)18(8)17(23)13-11(24-3)6-12(25-4)14(19)15(13)26-18/h6,8-10,16,20,22H,5,7H2,1-4H3/t8-,9?,10?,16?,18+/m1/s1. The summed E-state index contributed by atoms with van der Waals surface area (Å²) in [6.45, 7) is 2.57. The van der Waals surface area contributed by atoms with Gasteiger partial charge < -0.3 is 19.3 Å². The number of ketones is 1. The van der Waals surface area contributed by atoms with E-state index in [0.717, 1.165) is 0 Å². The molecule has 1 saturated carbocycles. The molecule has 1 aromatic rings. The second-order valence-corrected chi connectivity index (χ2v) is 7.76. The molecule has 2 aliphatic heterocycles. The predicted molar refractivity (Wildman–Crippen MR) is 95.1 cm³/mol. The molecular weight excluding hydrogens is 360 g/mol. The maximum atomic E-state index is 13.5. The second-order valence-electron chi connectivity index (χ2n) is 7.39. The number of methoxy groups -OCH3 is 2. The molecule has 2 N–H and O–H groups in total. The van der Waals surface area contributed by atoms with Gasteiger partial charge in [0.05, 0.1) is 14.2 Å². The summed E-state index contributed by atoms with van der Waals surface area (Å²) < 4.78 is 16.9. The summed E-state index contributed by atoms with van der Waals surface area (Å²) in [7, 11) is 4.90. The van der Waals surface area contributed by atoms with Gasteiger partial charge in [-0.05, 0) is 6.42 Å². The van der Waals surface area contributed by atoms with Crippen LogP contribution in [0.3, 0.4) is 0 Å². The zero-order chi connectivity index (χ0) is 18.8. The fourth-order valence-electron chi connectivity index (χ4n) is 4.73. The van der Waals surface area contributed by atoms with E-state index in [1.54, 1.807) is 6.07 Å². The summed E-state index contributed by atoms with van der Waals surface area (Å²) >= 11 is 6.42. The van der Waals surface area contributed by atoms with Crippen molar-refractivity contribution in [2.75, 3.05) is 27.8 Å². The van der Waals surface area contributed by atoms with Gasteiger partial charge in [0.2, 0.25) is 11.4 Å². The van der Waals surface area contributed by atoms with Crippen molar-refractivity contribution in [1.29, 1.82) is 0 Å². The minimum Gasteiger partial charge on any atom is -0.496 e. The van der Waals surface area contributed by atoms with E-state index in [9.17, 15) is 9.90 Å². The number of halogens is 1. The van der Waals surface area contributed by atoms with Crippen molar-refractivity contribution in [3.63, 3.8) is 0 Å². The van der Waals surface area contributed by atoms with Gasteiger partial charge in [0.25, 0.3) is 0 Å². The number of Topliss-reactive ketones (excluding diaryl/α,β-unsaturated/α-hetero) is 1. The van der Waals surface area contributed by atoms with E-state index in [4.69, 9.17) is 25.8 Å². The number of fused-ring (bicyclic) bond motifs is 2. The summed E-state index contributed by atoms with van der Waals surface area (Å²) in [6.07, 6.45) is -0.247. The van der Waals surface area contributed by atoms with Crippen LogP contribution in [-0.4, -0.2) is 61.5 Å². The number of aliphatic hydroxyl groups is 1. The van der Waals surface area contributed by atoms with Crippen molar-refractivity contribution in [3.05, 3.63) is 16.7 Å². The van der Waals surface area contributed by atoms with E-state index < -0.39 is 11.7 Å². The number of nitrogens with zero attached hydrogens (tertiary/aromatic N) is 1. The highest BCUT2D eigenvalue weighted by atomic mass is 35.5. The monoisotopic (exact) mass is 382 g/mol. The highest BCUT2D eigenvalue weighted by molar-refractivity contribution is 6.35. The molecule has 1 spiro atoms. The number of aliphatic hydroxyl groups excluding tert-OH is 1. The molecule has 2 heterocycles. The molecule has 0 radical (unpaired) electrons. The van der Waals surface area contributed by atoms with Gasteiger partial charge in [0, 0.05) is 37.5 Å². The van der Waals surface area contributed by atoms with E-state index in [-0.39, 0.29) is 40.0 Å². The van der Waals surface area contributed by atoms with Crippen molar-refractivity contribution in [1.82, 2.24) is 10.4 Å². The zero-order valence-corrected chi connectivity index (χ0v) is 16.0. The number of ether oxygens (including phenoxy) is 3. The highest BCUT2D eigenvalue weighted by Crippen LogP contribution is 2.55. The average molecular weight is 383 g/mol. The van der Waals surface area contributed by atoms with Gasteiger partial charge in [-0.25, -0.2) is 5.01 Å². The maximum Gasteiger partial charge on any atom is 0.216 e. The van der Waals surface area contributed by atoms with Crippen LogP contribution < -0.4 is 19.6 Å². The van der Waals surface area contributed by atoms with Crippen LogP contribution in [-0.2, 0) is 0 Å². The van der Waals surface area contributed by atoms with Crippen LogP contribution in [0.2, 0.25) is 5.02 Å². The molecule has 7 nitrogen and oxygen atoms in total. The van der Waals surface area contributed by atoms with Crippen LogP contribution in [0.1, 0.15) is 23.7 Å². The van der Waals surface area contributed by atoms with Crippen molar-refractivity contribution in [2.24, 2.45) is 11.8 Å². The average Bonchev–Trinajstić information content (AvgIpc) is 3.13. The highest BCUT2D eigenvalue weighted by Gasteiger charge is 2.65. The lowest BCUT2D eigenvalue weighted by molar-refractivity contribution is -0.104. The van der Waals surface area contributed by atoms with Gasteiger partial charge >= 0.3 is 0 Å². The third-order valence-electron chi connectivity index (χ3n) is 6.02. The zero-order valence-electron chi connectivity index (χ0n) is 15.2. The Morgan fingerprint density at radius 1 is 1.38 bits per heavy atom. The minimum atomic E-state index is -1.36. The molecule has 26 heavy (non-hydrogen) atoms. The second kappa shape index (κ2) is 5.99. The van der Waals surface area contributed by atoms with Crippen LogP contribution in [0, 0.1) is 11.8 Å². The number of nitrogens with one attached hydrogen (secondary N) is 1. The quantitative estimate of drug-likeness (QED) is 0.802. The first-order chi connectivity index (χ1) is 12.3. The molecular formula is C18H23ClN2O5. The summed E-state index contributed by atoms with van der Waals surface area (Å²) in [5.74, 6) is 0.348.